The minimum Gasteiger partial charge on any atom is -0.381 e. The van der Waals surface area contributed by atoms with E-state index in [-0.39, 0.29) is 5.56 Å². The molecule has 2 aromatic carbocycles. The number of anilines is 1. The number of carbonyl (C=O) groups excluding carboxylic acids is 1. The predicted octanol–water partition coefficient (Wildman–Crippen LogP) is 3.45. The van der Waals surface area contributed by atoms with Crippen LogP contribution in [-0.4, -0.2) is 18.5 Å². The quantitative estimate of drug-likeness (QED) is 0.553. The molecule has 1 aliphatic rings. The van der Waals surface area contributed by atoms with Gasteiger partial charge in [0.15, 0.2) is 11.6 Å². The molecule has 27 heavy (non-hydrogen) atoms. The molecular weight excluding hydrogens is 355 g/mol. The molecule has 3 rings (SSSR count). The van der Waals surface area contributed by atoms with Crippen molar-refractivity contribution in [3.8, 4) is 0 Å². The number of halogens is 3. The molecule has 0 bridgehead atoms. The lowest BCUT2D eigenvalue weighted by Crippen LogP contribution is -2.33. The first-order chi connectivity index (χ1) is 12.9. The van der Waals surface area contributed by atoms with Gasteiger partial charge >= 0.3 is 0 Å². The number of nitrogens with one attached hydrogen (secondary N) is 1. The summed E-state index contributed by atoms with van der Waals surface area (Å²) in [5.41, 5.74) is 13.6. The van der Waals surface area contributed by atoms with Gasteiger partial charge in [0.2, 0.25) is 0 Å². The second-order valence-electron chi connectivity index (χ2n) is 6.62. The van der Waals surface area contributed by atoms with Gasteiger partial charge in [-0.1, -0.05) is 23.8 Å². The van der Waals surface area contributed by atoms with Crippen LogP contribution in [0.1, 0.15) is 34.7 Å². The van der Waals surface area contributed by atoms with Gasteiger partial charge in [-0.05, 0) is 36.6 Å². The minimum atomic E-state index is -1.21. The molecule has 7 heteroatoms. The average molecular weight is 375 g/mol. The van der Waals surface area contributed by atoms with Crippen LogP contribution in [-0.2, 0) is 0 Å². The molecule has 142 valence electrons. The minimum absolute atomic E-state index is 0.0868. The SMILES string of the molecule is NC(=O)c1ccccc1NCC1=CC[C@@H](c2cc(F)c(F)cc2F)[C@H](N)C1. The van der Waals surface area contributed by atoms with Crippen molar-refractivity contribution in [2.24, 2.45) is 11.5 Å². The number of carbonyl (C=O) groups is 1. The molecule has 0 aliphatic heterocycles. The largest absolute Gasteiger partial charge is 0.381 e. The van der Waals surface area contributed by atoms with Gasteiger partial charge in [0.1, 0.15) is 5.82 Å². The Morgan fingerprint density at radius 1 is 1.11 bits per heavy atom. The lowest BCUT2D eigenvalue weighted by Gasteiger charge is -2.29. The zero-order valence-corrected chi connectivity index (χ0v) is 14.5. The van der Waals surface area contributed by atoms with Crippen molar-refractivity contribution in [2.75, 3.05) is 11.9 Å². The number of allylic oxidation sites excluding steroid dienone is 1. The number of para-hydroxylation sites is 1. The van der Waals surface area contributed by atoms with Gasteiger partial charge in [-0.2, -0.15) is 0 Å². The first-order valence-corrected chi connectivity index (χ1v) is 8.57. The number of hydrogen-bond acceptors (Lipinski definition) is 3. The summed E-state index contributed by atoms with van der Waals surface area (Å²) in [6, 6.07) is 7.90. The second kappa shape index (κ2) is 7.84. The van der Waals surface area contributed by atoms with E-state index in [0.29, 0.717) is 36.7 Å². The summed E-state index contributed by atoms with van der Waals surface area (Å²) in [4.78, 5) is 11.5. The molecule has 0 radical (unpaired) electrons. The van der Waals surface area contributed by atoms with Crippen molar-refractivity contribution < 1.29 is 18.0 Å². The fraction of sp³-hybridized carbons (Fsp3) is 0.250. The molecule has 0 spiro atoms. The summed E-state index contributed by atoms with van der Waals surface area (Å²) >= 11 is 0. The van der Waals surface area contributed by atoms with Gasteiger partial charge in [0.05, 0.1) is 5.56 Å². The summed E-state index contributed by atoms with van der Waals surface area (Å²) in [5.74, 6) is -4.05. The summed E-state index contributed by atoms with van der Waals surface area (Å²) in [5, 5.41) is 3.16. The van der Waals surface area contributed by atoms with Gasteiger partial charge in [-0.3, -0.25) is 4.79 Å². The van der Waals surface area contributed by atoms with Crippen LogP contribution >= 0.6 is 0 Å². The zero-order chi connectivity index (χ0) is 19.6. The van der Waals surface area contributed by atoms with E-state index in [2.05, 4.69) is 5.32 Å². The molecule has 5 N–H and O–H groups in total. The standard InChI is InChI=1S/C20H20F3N3O/c21-15-9-17(23)16(22)8-14(15)12-6-5-11(7-18(12)24)10-26-19-4-2-1-3-13(19)20(25)27/h1-5,8-9,12,18,26H,6-7,10,24H2,(H2,25,27)/t12-,18+/m0/s1. The number of primary amides is 1. The maximum atomic E-state index is 14.0. The highest BCUT2D eigenvalue weighted by Crippen LogP contribution is 2.34. The van der Waals surface area contributed by atoms with Crippen LogP contribution in [0, 0.1) is 17.5 Å². The van der Waals surface area contributed by atoms with Crippen molar-refractivity contribution >= 4 is 11.6 Å². The highest BCUT2D eigenvalue weighted by atomic mass is 19.2. The Balaban J connectivity index is 1.72. The third kappa shape index (κ3) is 4.14. The van der Waals surface area contributed by atoms with Crippen LogP contribution in [0.25, 0.3) is 0 Å². The number of benzene rings is 2. The second-order valence-corrected chi connectivity index (χ2v) is 6.62. The Morgan fingerprint density at radius 3 is 2.52 bits per heavy atom. The highest BCUT2D eigenvalue weighted by Gasteiger charge is 2.27. The normalized spacial score (nSPS) is 19.5. The van der Waals surface area contributed by atoms with E-state index < -0.39 is 35.3 Å². The lowest BCUT2D eigenvalue weighted by molar-refractivity contribution is 0.100. The number of nitrogens with two attached hydrogens (primary N) is 2. The number of hydrogen-bond donors (Lipinski definition) is 3. The molecule has 2 atom stereocenters. The van der Waals surface area contributed by atoms with Crippen LogP contribution in [0.15, 0.2) is 48.0 Å². The molecule has 0 aromatic heterocycles. The molecule has 0 saturated heterocycles. The molecule has 4 nitrogen and oxygen atoms in total. The number of rotatable bonds is 5. The van der Waals surface area contributed by atoms with Crippen LogP contribution in [0.4, 0.5) is 18.9 Å². The van der Waals surface area contributed by atoms with Gasteiger partial charge in [0.25, 0.3) is 5.91 Å². The maximum absolute atomic E-state index is 14.0. The summed E-state index contributed by atoms with van der Waals surface area (Å²) in [7, 11) is 0. The molecule has 1 amide bonds. The van der Waals surface area contributed by atoms with Crippen molar-refractivity contribution in [3.63, 3.8) is 0 Å². The molecule has 0 saturated carbocycles. The van der Waals surface area contributed by atoms with E-state index in [1.165, 1.54) is 0 Å². The smallest absolute Gasteiger partial charge is 0.250 e. The lowest BCUT2D eigenvalue weighted by atomic mass is 9.80. The van der Waals surface area contributed by atoms with E-state index in [4.69, 9.17) is 11.5 Å². The van der Waals surface area contributed by atoms with Gasteiger partial charge in [0, 0.05) is 30.3 Å². The number of amides is 1. The van der Waals surface area contributed by atoms with Crippen LogP contribution in [0.5, 0.6) is 0 Å². The third-order valence-electron chi connectivity index (χ3n) is 4.81. The van der Waals surface area contributed by atoms with Crippen molar-refractivity contribution in [1.82, 2.24) is 0 Å². The Kier molecular flexibility index (Phi) is 5.51. The molecule has 0 unspecified atom stereocenters. The van der Waals surface area contributed by atoms with Crippen molar-refractivity contribution in [2.45, 2.75) is 24.8 Å². The fourth-order valence-electron chi connectivity index (χ4n) is 3.38. The highest BCUT2D eigenvalue weighted by molar-refractivity contribution is 5.98. The average Bonchev–Trinajstić information content (AvgIpc) is 2.63. The van der Waals surface area contributed by atoms with Crippen molar-refractivity contribution in [1.29, 1.82) is 0 Å². The summed E-state index contributed by atoms with van der Waals surface area (Å²) in [6.07, 6.45) is 2.79. The van der Waals surface area contributed by atoms with E-state index in [9.17, 15) is 18.0 Å². The Hall–Kier alpha value is -2.80. The molecule has 1 aliphatic carbocycles. The molecule has 0 fully saturated rings. The van der Waals surface area contributed by atoms with Gasteiger partial charge < -0.3 is 16.8 Å². The first-order valence-electron chi connectivity index (χ1n) is 8.57. The zero-order valence-electron chi connectivity index (χ0n) is 14.5. The monoisotopic (exact) mass is 375 g/mol. The van der Waals surface area contributed by atoms with E-state index in [0.717, 1.165) is 11.6 Å². The fourth-order valence-corrected chi connectivity index (χ4v) is 3.38. The Morgan fingerprint density at radius 2 is 1.81 bits per heavy atom. The molecular formula is C20H20F3N3O. The summed E-state index contributed by atoms with van der Waals surface area (Å²) < 4.78 is 40.7. The molecule has 0 heterocycles. The predicted molar refractivity (Wildman–Crippen MR) is 97.8 cm³/mol. The van der Waals surface area contributed by atoms with Crippen molar-refractivity contribution in [3.05, 3.63) is 76.6 Å². The molecule has 2 aromatic rings. The third-order valence-corrected chi connectivity index (χ3v) is 4.81. The first kappa shape index (κ1) is 19.0. The van der Waals surface area contributed by atoms with E-state index in [1.807, 2.05) is 6.08 Å². The maximum Gasteiger partial charge on any atom is 0.250 e. The van der Waals surface area contributed by atoms with Crippen LogP contribution < -0.4 is 16.8 Å². The van der Waals surface area contributed by atoms with Crippen LogP contribution in [0.2, 0.25) is 0 Å². The van der Waals surface area contributed by atoms with Gasteiger partial charge in [-0.25, -0.2) is 13.2 Å². The summed E-state index contributed by atoms with van der Waals surface area (Å²) in [6.45, 7) is 0.449. The van der Waals surface area contributed by atoms with Gasteiger partial charge in [-0.15, -0.1) is 0 Å². The Labute approximate surface area is 155 Å². The topological polar surface area (TPSA) is 81.1 Å². The Bertz CT molecular complexity index is 898. The van der Waals surface area contributed by atoms with E-state index >= 15 is 0 Å². The van der Waals surface area contributed by atoms with E-state index in [1.54, 1.807) is 24.3 Å². The van der Waals surface area contributed by atoms with Crippen LogP contribution in [0.3, 0.4) is 0 Å².